The van der Waals surface area contributed by atoms with Gasteiger partial charge >= 0.3 is 21.7 Å². The largest absolute Gasteiger partial charge is 2.00 e. The van der Waals surface area contributed by atoms with Crippen LogP contribution < -0.4 is 24.8 Å². The number of allylic oxidation sites excluding steroid dienone is 2. The number of hydrogen-bond acceptors (Lipinski definition) is 1. The predicted molar refractivity (Wildman–Crippen MR) is 115 cm³/mol. The van der Waals surface area contributed by atoms with E-state index in [4.69, 9.17) is 5.73 Å². The van der Waals surface area contributed by atoms with Crippen LogP contribution in [0, 0.1) is 27.7 Å². The van der Waals surface area contributed by atoms with E-state index in [1.54, 1.807) is 0 Å². The number of nitrogens with zero attached hydrogens (tertiary/aromatic N) is 1. The van der Waals surface area contributed by atoms with E-state index >= 15 is 0 Å². The Morgan fingerprint density at radius 2 is 1.55 bits per heavy atom. The summed E-state index contributed by atoms with van der Waals surface area (Å²) in [5, 5.41) is 0. The summed E-state index contributed by atoms with van der Waals surface area (Å²) in [5.74, 6) is 0. The summed E-state index contributed by atoms with van der Waals surface area (Å²) in [7, 11) is 4.20. The third-order valence-corrected chi connectivity index (χ3v) is 4.48. The molecule has 2 aromatic rings. The number of benzene rings is 2. The maximum absolute atomic E-state index is 7.54. The molecule has 1 N–H and O–H groups in total. The Labute approximate surface area is 204 Å². The summed E-state index contributed by atoms with van der Waals surface area (Å²) in [6, 6.07) is 12.4. The zero-order chi connectivity index (χ0) is 19.3. The SMILES string of the molecule is Cc1cc(C)c([NH-])c(C)c1.[CH2-]c1ccccc1C1=CC(CN(C)C)=CC1.[Cl-].[Cl-].[Ti+2]. The second-order valence-corrected chi connectivity index (χ2v) is 7.32. The minimum absolute atomic E-state index is 0. The fourth-order valence-corrected chi connectivity index (χ4v) is 3.26. The minimum Gasteiger partial charge on any atom is -1.00 e. The molecule has 0 spiro atoms. The van der Waals surface area contributed by atoms with Crippen LogP contribution in [-0.2, 0) is 21.7 Å². The smallest absolute Gasteiger partial charge is 1.00 e. The van der Waals surface area contributed by atoms with E-state index in [1.165, 1.54) is 22.3 Å². The van der Waals surface area contributed by atoms with Crippen molar-refractivity contribution in [2.45, 2.75) is 27.2 Å². The monoisotopic (exact) mass is 464 g/mol. The molecule has 0 bridgehead atoms. The van der Waals surface area contributed by atoms with Gasteiger partial charge in [-0.15, -0.1) is 23.4 Å². The van der Waals surface area contributed by atoms with E-state index in [-0.39, 0.29) is 46.5 Å². The number of hydrogen-bond donors (Lipinski definition) is 0. The van der Waals surface area contributed by atoms with Crippen LogP contribution in [0.2, 0.25) is 0 Å². The van der Waals surface area contributed by atoms with Gasteiger partial charge in [0, 0.05) is 6.54 Å². The molecule has 0 saturated heterocycles. The fourth-order valence-electron chi connectivity index (χ4n) is 3.26. The summed E-state index contributed by atoms with van der Waals surface area (Å²) < 4.78 is 0. The summed E-state index contributed by atoms with van der Waals surface area (Å²) in [5.41, 5.74) is 16.8. The quantitative estimate of drug-likeness (QED) is 0.478. The van der Waals surface area contributed by atoms with Crippen LogP contribution in [-0.4, -0.2) is 25.5 Å². The predicted octanol–water partition coefficient (Wildman–Crippen LogP) is 0.445. The Bertz CT molecular complexity index is 820. The molecule has 0 atom stereocenters. The van der Waals surface area contributed by atoms with Crippen molar-refractivity contribution in [3.05, 3.63) is 94.6 Å². The normalized spacial score (nSPS) is 11.8. The molecule has 0 aliphatic heterocycles. The first-order chi connectivity index (χ1) is 12.3. The van der Waals surface area contributed by atoms with Crippen molar-refractivity contribution < 1.29 is 46.5 Å². The molecular formula is C24H30Cl2N2Ti-2. The Morgan fingerprint density at radius 1 is 1.00 bits per heavy atom. The number of aryl methyl sites for hydroxylation is 3. The van der Waals surface area contributed by atoms with Crippen molar-refractivity contribution in [3.8, 4) is 0 Å². The molecule has 0 aromatic heterocycles. The molecule has 1 aliphatic carbocycles. The van der Waals surface area contributed by atoms with E-state index in [9.17, 15) is 0 Å². The molecule has 156 valence electrons. The van der Waals surface area contributed by atoms with Gasteiger partial charge in [0.15, 0.2) is 0 Å². The van der Waals surface area contributed by atoms with Gasteiger partial charge < -0.3 is 35.4 Å². The van der Waals surface area contributed by atoms with Gasteiger partial charge in [-0.3, -0.25) is 0 Å². The maximum atomic E-state index is 7.54. The van der Waals surface area contributed by atoms with E-state index in [0.717, 1.165) is 29.7 Å². The van der Waals surface area contributed by atoms with Crippen molar-refractivity contribution in [2.24, 2.45) is 0 Å². The zero-order valence-electron chi connectivity index (χ0n) is 17.9. The molecule has 0 heterocycles. The number of likely N-dealkylation sites (N-methyl/N-ethyl adjacent to an activating group) is 1. The van der Waals surface area contributed by atoms with Crippen LogP contribution in [0.4, 0.5) is 5.69 Å². The fraction of sp³-hybridized carbons (Fsp3) is 0.292. The molecule has 0 amide bonds. The van der Waals surface area contributed by atoms with Crippen LogP contribution in [0.5, 0.6) is 0 Å². The first-order valence-electron chi connectivity index (χ1n) is 9.03. The van der Waals surface area contributed by atoms with Crippen molar-refractivity contribution in [3.63, 3.8) is 0 Å². The average Bonchev–Trinajstić information content (AvgIpc) is 3.01. The third kappa shape index (κ3) is 9.03. The Kier molecular flexibility index (Phi) is 14.5. The third-order valence-electron chi connectivity index (χ3n) is 4.48. The van der Waals surface area contributed by atoms with Gasteiger partial charge in [-0.05, 0) is 46.9 Å². The standard InChI is InChI=1S/C15H18N.C9H12N.2ClH.Ti/c1-12-6-4-5-7-15(12)14-9-8-13(10-14)11-16(2)3;1-6-4-7(2)9(10)8(3)5-6;;;/h4-8,10H,1,9,11H2,2-3H3;4-5,10H,1-3H3;2*1H;/q2*-1;;;+2/p-2. The maximum Gasteiger partial charge on any atom is 2.00 e. The van der Waals surface area contributed by atoms with E-state index in [0.29, 0.717) is 5.69 Å². The molecule has 2 nitrogen and oxygen atoms in total. The van der Waals surface area contributed by atoms with Gasteiger partial charge in [-0.2, -0.15) is 18.6 Å². The van der Waals surface area contributed by atoms with Crippen LogP contribution >= 0.6 is 0 Å². The van der Waals surface area contributed by atoms with Gasteiger partial charge in [-0.25, -0.2) is 0 Å². The van der Waals surface area contributed by atoms with E-state index < -0.39 is 0 Å². The van der Waals surface area contributed by atoms with Gasteiger partial charge in [0.25, 0.3) is 0 Å². The molecule has 0 saturated carbocycles. The van der Waals surface area contributed by atoms with Crippen LogP contribution in [0.3, 0.4) is 0 Å². The molecule has 0 radical (unpaired) electrons. The Hall–Kier alpha value is -1.16. The van der Waals surface area contributed by atoms with E-state index in [1.807, 2.05) is 32.0 Å². The second-order valence-electron chi connectivity index (χ2n) is 7.32. The summed E-state index contributed by atoms with van der Waals surface area (Å²) in [6.45, 7) is 11.1. The molecule has 2 aromatic carbocycles. The van der Waals surface area contributed by atoms with Crippen LogP contribution in [0.25, 0.3) is 11.3 Å². The number of halogens is 2. The second kappa shape index (κ2) is 14.0. The molecule has 5 heteroatoms. The summed E-state index contributed by atoms with van der Waals surface area (Å²) >= 11 is 0. The topological polar surface area (TPSA) is 27.0 Å². The Morgan fingerprint density at radius 3 is 2.07 bits per heavy atom. The zero-order valence-corrected chi connectivity index (χ0v) is 21.0. The number of nitrogens with one attached hydrogen (secondary N) is 1. The average molecular weight is 465 g/mol. The first-order valence-corrected chi connectivity index (χ1v) is 9.03. The van der Waals surface area contributed by atoms with Crippen molar-refractivity contribution >= 4 is 11.3 Å². The summed E-state index contributed by atoms with van der Waals surface area (Å²) in [6.07, 6.45) is 5.64. The van der Waals surface area contributed by atoms with Gasteiger partial charge in [-0.1, -0.05) is 52.6 Å². The summed E-state index contributed by atoms with van der Waals surface area (Å²) in [4.78, 5) is 2.20. The molecule has 29 heavy (non-hydrogen) atoms. The van der Waals surface area contributed by atoms with Gasteiger partial charge in [0.05, 0.1) is 0 Å². The van der Waals surface area contributed by atoms with Crippen molar-refractivity contribution in [2.75, 3.05) is 20.6 Å². The number of rotatable bonds is 3. The molecular weight excluding hydrogens is 435 g/mol. The molecule has 0 fully saturated rings. The first kappa shape index (κ1) is 30.0. The molecule has 0 unspecified atom stereocenters. The Balaban J connectivity index is 0. The van der Waals surface area contributed by atoms with E-state index in [2.05, 4.69) is 63.2 Å². The van der Waals surface area contributed by atoms with Gasteiger partial charge in [0.2, 0.25) is 0 Å². The van der Waals surface area contributed by atoms with Crippen molar-refractivity contribution in [1.82, 2.24) is 4.90 Å². The van der Waals surface area contributed by atoms with Crippen LogP contribution in [0.15, 0.2) is 54.1 Å². The molecule has 3 rings (SSSR count). The van der Waals surface area contributed by atoms with Crippen LogP contribution in [0.1, 0.15) is 34.2 Å². The van der Waals surface area contributed by atoms with Crippen molar-refractivity contribution in [1.29, 1.82) is 0 Å². The minimum atomic E-state index is 0. The van der Waals surface area contributed by atoms with Gasteiger partial charge in [0.1, 0.15) is 0 Å². The molecule has 1 aliphatic rings.